The van der Waals surface area contributed by atoms with E-state index in [0.29, 0.717) is 31.1 Å². The summed E-state index contributed by atoms with van der Waals surface area (Å²) in [5.41, 5.74) is 1.17. The molecule has 0 radical (unpaired) electrons. The summed E-state index contributed by atoms with van der Waals surface area (Å²) in [7, 11) is 0. The van der Waals surface area contributed by atoms with E-state index in [2.05, 4.69) is 21.2 Å². The molecule has 1 amide bonds. The molecule has 6 rings (SSSR count). The van der Waals surface area contributed by atoms with Gasteiger partial charge in [0, 0.05) is 32.1 Å². The highest BCUT2D eigenvalue weighted by molar-refractivity contribution is 5.79. The maximum Gasteiger partial charge on any atom is 0.231 e. The SMILES string of the molecule is O=C([C@H]1C[NH+]2CC[C@H]1C[C@@H]2Cn1cc(CC2CCCCC2)nn1)N1CCOCC1. The Balaban J connectivity index is 1.16. The highest BCUT2D eigenvalue weighted by Gasteiger charge is 2.47. The van der Waals surface area contributed by atoms with Crippen LogP contribution in [0.15, 0.2) is 6.20 Å². The van der Waals surface area contributed by atoms with Gasteiger partial charge < -0.3 is 14.5 Å². The Kier molecular flexibility index (Phi) is 5.86. The van der Waals surface area contributed by atoms with Gasteiger partial charge in [-0.2, -0.15) is 0 Å². The molecule has 0 spiro atoms. The number of aromatic nitrogens is 3. The second-order valence-corrected chi connectivity index (χ2v) is 9.78. The monoisotopic (exact) mass is 402 g/mol. The van der Waals surface area contributed by atoms with Crippen molar-refractivity contribution in [2.24, 2.45) is 17.8 Å². The topological polar surface area (TPSA) is 64.7 Å². The highest BCUT2D eigenvalue weighted by atomic mass is 16.5. The number of nitrogens with zero attached hydrogens (tertiary/aromatic N) is 4. The minimum absolute atomic E-state index is 0.214. The Labute approximate surface area is 173 Å². The van der Waals surface area contributed by atoms with Crippen molar-refractivity contribution in [1.29, 1.82) is 0 Å². The molecular formula is C22H36N5O2+. The lowest BCUT2D eigenvalue weighted by Gasteiger charge is -2.47. The van der Waals surface area contributed by atoms with E-state index in [0.717, 1.165) is 44.9 Å². The number of hydrogen-bond acceptors (Lipinski definition) is 4. The first-order chi connectivity index (χ1) is 14.3. The fraction of sp³-hybridized carbons (Fsp3) is 0.864. The van der Waals surface area contributed by atoms with Crippen molar-refractivity contribution >= 4 is 5.91 Å². The van der Waals surface area contributed by atoms with E-state index < -0.39 is 0 Å². The average Bonchev–Trinajstić information content (AvgIpc) is 3.21. The molecule has 5 heterocycles. The van der Waals surface area contributed by atoms with Crippen molar-refractivity contribution in [2.75, 3.05) is 39.4 Å². The first kappa shape index (κ1) is 19.5. The molecule has 1 aromatic heterocycles. The summed E-state index contributed by atoms with van der Waals surface area (Å²) in [6.45, 7) is 6.06. The molecular weight excluding hydrogens is 366 g/mol. The number of amides is 1. The van der Waals surface area contributed by atoms with Crippen LogP contribution in [0.2, 0.25) is 0 Å². The number of carbonyl (C=O) groups is 1. The summed E-state index contributed by atoms with van der Waals surface area (Å²) >= 11 is 0. The number of morpholine rings is 1. The summed E-state index contributed by atoms with van der Waals surface area (Å²) in [4.78, 5) is 16.7. The van der Waals surface area contributed by atoms with Crippen molar-refractivity contribution in [3.8, 4) is 0 Å². The predicted octanol–water partition coefficient (Wildman–Crippen LogP) is 0.553. The maximum absolute atomic E-state index is 13.0. The Morgan fingerprint density at radius 1 is 1.17 bits per heavy atom. The van der Waals surface area contributed by atoms with E-state index in [1.807, 2.05) is 4.90 Å². The average molecular weight is 403 g/mol. The number of carbonyl (C=O) groups excluding carboxylic acids is 1. The van der Waals surface area contributed by atoms with Crippen molar-refractivity contribution in [3.05, 3.63) is 11.9 Å². The van der Waals surface area contributed by atoms with Crippen LogP contribution < -0.4 is 4.90 Å². The molecule has 160 valence electrons. The normalized spacial score (nSPS) is 33.2. The Hall–Kier alpha value is -1.47. The van der Waals surface area contributed by atoms with Crippen LogP contribution in [0, 0.1) is 17.8 Å². The number of hydrogen-bond donors (Lipinski definition) is 1. The zero-order valence-electron chi connectivity index (χ0n) is 17.6. The Bertz CT molecular complexity index is 695. The Morgan fingerprint density at radius 3 is 2.76 bits per heavy atom. The van der Waals surface area contributed by atoms with E-state index in [1.54, 1.807) is 4.90 Å². The van der Waals surface area contributed by atoms with Gasteiger partial charge in [-0.1, -0.05) is 37.3 Å². The quantitative estimate of drug-likeness (QED) is 0.781. The molecule has 2 bridgehead atoms. The first-order valence-corrected chi connectivity index (χ1v) is 11.9. The molecule has 1 aromatic rings. The molecule has 7 heteroatoms. The molecule has 29 heavy (non-hydrogen) atoms. The molecule has 1 unspecified atom stereocenters. The largest absolute Gasteiger partial charge is 0.378 e. The first-order valence-electron chi connectivity index (χ1n) is 11.9. The van der Waals surface area contributed by atoms with Crippen molar-refractivity contribution < 1.29 is 14.4 Å². The van der Waals surface area contributed by atoms with Crippen LogP contribution >= 0.6 is 0 Å². The number of piperidine rings is 3. The van der Waals surface area contributed by atoms with Crippen LogP contribution in [0.1, 0.15) is 50.6 Å². The fourth-order valence-electron chi connectivity index (χ4n) is 6.25. The van der Waals surface area contributed by atoms with Gasteiger partial charge in [0.15, 0.2) is 0 Å². The molecule has 0 aromatic carbocycles. The molecule has 5 aliphatic rings. The van der Waals surface area contributed by atoms with E-state index in [9.17, 15) is 4.79 Å². The second kappa shape index (κ2) is 8.72. The summed E-state index contributed by atoms with van der Waals surface area (Å²) in [6, 6.07) is 0.576. The third kappa shape index (κ3) is 4.36. The number of quaternary nitrogens is 1. The van der Waals surface area contributed by atoms with Gasteiger partial charge in [0.05, 0.1) is 44.5 Å². The van der Waals surface area contributed by atoms with Crippen molar-refractivity contribution in [3.63, 3.8) is 0 Å². The lowest BCUT2D eigenvalue weighted by molar-refractivity contribution is -0.945. The molecule has 7 nitrogen and oxygen atoms in total. The van der Waals surface area contributed by atoms with Crippen LogP contribution in [0.3, 0.4) is 0 Å². The molecule has 5 fully saturated rings. The van der Waals surface area contributed by atoms with Gasteiger partial charge in [0.1, 0.15) is 6.04 Å². The summed E-state index contributed by atoms with van der Waals surface area (Å²) in [5.74, 6) is 1.94. The molecule has 4 atom stereocenters. The van der Waals surface area contributed by atoms with Gasteiger partial charge in [-0.25, -0.2) is 4.68 Å². The van der Waals surface area contributed by atoms with Gasteiger partial charge in [-0.05, 0) is 18.3 Å². The summed E-state index contributed by atoms with van der Waals surface area (Å²) < 4.78 is 7.50. The van der Waals surface area contributed by atoms with Gasteiger partial charge in [-0.15, -0.1) is 5.10 Å². The summed E-state index contributed by atoms with van der Waals surface area (Å²) in [5, 5.41) is 8.92. The van der Waals surface area contributed by atoms with E-state index in [-0.39, 0.29) is 5.92 Å². The van der Waals surface area contributed by atoms with Crippen LogP contribution in [-0.4, -0.2) is 71.2 Å². The zero-order chi connectivity index (χ0) is 19.6. The van der Waals surface area contributed by atoms with Crippen molar-refractivity contribution in [2.45, 2.75) is 64.0 Å². The second-order valence-electron chi connectivity index (χ2n) is 9.78. The lowest BCUT2D eigenvalue weighted by Crippen LogP contribution is -3.20. The molecule has 1 N–H and O–H groups in total. The third-order valence-electron chi connectivity index (χ3n) is 7.91. The van der Waals surface area contributed by atoms with E-state index >= 15 is 0 Å². The van der Waals surface area contributed by atoms with Crippen molar-refractivity contribution in [1.82, 2.24) is 19.9 Å². The van der Waals surface area contributed by atoms with E-state index in [4.69, 9.17) is 4.74 Å². The Morgan fingerprint density at radius 2 is 2.00 bits per heavy atom. The van der Waals surface area contributed by atoms with E-state index in [1.165, 1.54) is 50.8 Å². The van der Waals surface area contributed by atoms with Crippen LogP contribution in [0.4, 0.5) is 0 Å². The number of fused-ring (bicyclic) bond motifs is 3. The van der Waals surface area contributed by atoms with Crippen LogP contribution in [-0.2, 0) is 22.5 Å². The minimum Gasteiger partial charge on any atom is -0.378 e. The van der Waals surface area contributed by atoms with Gasteiger partial charge in [-0.3, -0.25) is 4.79 Å². The van der Waals surface area contributed by atoms with Crippen LogP contribution in [0.5, 0.6) is 0 Å². The molecule has 4 saturated heterocycles. The maximum atomic E-state index is 13.0. The molecule has 1 saturated carbocycles. The lowest BCUT2D eigenvalue weighted by atomic mass is 9.75. The number of nitrogens with one attached hydrogen (secondary N) is 1. The third-order valence-corrected chi connectivity index (χ3v) is 7.91. The number of rotatable bonds is 5. The minimum atomic E-state index is 0.214. The molecule has 1 aliphatic carbocycles. The van der Waals surface area contributed by atoms with Crippen LogP contribution in [0.25, 0.3) is 0 Å². The zero-order valence-corrected chi connectivity index (χ0v) is 17.6. The fourth-order valence-corrected chi connectivity index (χ4v) is 6.25. The molecule has 4 aliphatic heterocycles. The smallest absolute Gasteiger partial charge is 0.231 e. The van der Waals surface area contributed by atoms with Gasteiger partial charge in [0.25, 0.3) is 0 Å². The predicted molar refractivity (Wildman–Crippen MR) is 108 cm³/mol. The number of ether oxygens (including phenoxy) is 1. The standard InChI is InChI=1S/C22H35N5O2/c28-22(25-8-10-29-11-9-25)21-16-26-7-6-18(21)13-20(26)15-27-14-19(23-24-27)12-17-4-2-1-3-5-17/h14,17-18,20-21H,1-13,15-16H2/p+1/t18-,20+,21-/m0/s1. The van der Waals surface area contributed by atoms with Gasteiger partial charge in [0.2, 0.25) is 5.91 Å². The highest BCUT2D eigenvalue weighted by Crippen LogP contribution is 2.29. The summed E-state index contributed by atoms with van der Waals surface area (Å²) in [6.07, 6.45) is 12.5. The van der Waals surface area contributed by atoms with Gasteiger partial charge >= 0.3 is 0 Å².